The first kappa shape index (κ1) is 25.6. The van der Waals surface area contributed by atoms with Crippen LogP contribution in [0.3, 0.4) is 0 Å². The molecule has 3 aromatic heterocycles. The van der Waals surface area contributed by atoms with Gasteiger partial charge in [-0.05, 0) is 24.6 Å². The van der Waals surface area contributed by atoms with Crippen molar-refractivity contribution in [1.82, 2.24) is 29.3 Å². The van der Waals surface area contributed by atoms with Gasteiger partial charge in [0.25, 0.3) is 17.6 Å². The fraction of sp³-hybridized carbons (Fsp3) is 0.296. The lowest BCUT2D eigenvalue weighted by Gasteiger charge is -2.29. The molecule has 13 heteroatoms. The molecule has 11 nitrogen and oxygen atoms in total. The van der Waals surface area contributed by atoms with E-state index in [1.807, 2.05) is 0 Å². The molecule has 1 aromatic carbocycles. The van der Waals surface area contributed by atoms with Crippen LogP contribution in [-0.4, -0.2) is 84.9 Å². The number of rotatable bonds is 5. The predicted molar refractivity (Wildman–Crippen MR) is 136 cm³/mol. The molecule has 2 N–H and O–H groups in total. The number of fused-ring (bicyclic) bond motifs is 2. The number of ether oxygens (including phenoxy) is 1. The van der Waals surface area contributed by atoms with Crippen LogP contribution in [0.4, 0.5) is 8.78 Å². The highest BCUT2D eigenvalue weighted by molar-refractivity contribution is 6.44. The van der Waals surface area contributed by atoms with Crippen LogP contribution in [0, 0.1) is 11.6 Å². The van der Waals surface area contributed by atoms with E-state index in [1.54, 1.807) is 15.7 Å². The zero-order valence-electron chi connectivity index (χ0n) is 21.4. The topological polar surface area (TPSA) is 134 Å². The first-order valence-corrected chi connectivity index (χ1v) is 12.6. The van der Waals surface area contributed by atoms with E-state index in [0.717, 1.165) is 12.1 Å². The summed E-state index contributed by atoms with van der Waals surface area (Å²) in [6.45, 7) is 1.10. The number of pyridine rings is 1. The van der Waals surface area contributed by atoms with Gasteiger partial charge in [-0.15, -0.1) is 0 Å². The minimum Gasteiger partial charge on any atom is -0.480 e. The number of carbonyl (C=O) groups is 3. The van der Waals surface area contributed by atoms with Crippen molar-refractivity contribution in [3.05, 3.63) is 65.1 Å². The van der Waals surface area contributed by atoms with Crippen molar-refractivity contribution in [2.24, 2.45) is 0 Å². The van der Waals surface area contributed by atoms with Crippen molar-refractivity contribution >= 4 is 28.6 Å². The number of nitrogens with one attached hydrogen (secondary N) is 1. The number of benzene rings is 1. The van der Waals surface area contributed by atoms with Crippen LogP contribution in [0.25, 0.3) is 22.4 Å². The Morgan fingerprint density at radius 1 is 1.10 bits per heavy atom. The van der Waals surface area contributed by atoms with Gasteiger partial charge in [0.15, 0.2) is 0 Å². The van der Waals surface area contributed by atoms with Gasteiger partial charge < -0.3 is 29.2 Å². The smallest absolute Gasteiger partial charge is 0.295 e. The van der Waals surface area contributed by atoms with Crippen LogP contribution in [0.5, 0.6) is 5.88 Å². The number of amides is 2. The summed E-state index contributed by atoms with van der Waals surface area (Å²) in [6, 6.07) is 4.77. The number of nitrogens with zero attached hydrogens (tertiary/aromatic N) is 5. The van der Waals surface area contributed by atoms with Crippen LogP contribution in [0.2, 0.25) is 0 Å². The number of likely N-dealkylation sites (tertiary alicyclic amines) is 1. The molecule has 2 amide bonds. The Kier molecular flexibility index (Phi) is 6.29. The second-order valence-electron chi connectivity index (χ2n) is 9.74. The van der Waals surface area contributed by atoms with Crippen LogP contribution in [0.15, 0.2) is 36.7 Å². The molecular weight excluding hydrogens is 526 g/mol. The predicted octanol–water partition coefficient (Wildman–Crippen LogP) is 2.15. The van der Waals surface area contributed by atoms with Gasteiger partial charge in [0.2, 0.25) is 5.88 Å². The van der Waals surface area contributed by atoms with Gasteiger partial charge in [0.05, 0.1) is 42.8 Å². The van der Waals surface area contributed by atoms with Gasteiger partial charge >= 0.3 is 0 Å². The lowest BCUT2D eigenvalue weighted by atomic mass is 10.1. The molecule has 206 valence electrons. The third-order valence-electron chi connectivity index (χ3n) is 7.29. The molecular formula is C27H24F2N6O5. The molecule has 0 spiro atoms. The van der Waals surface area contributed by atoms with E-state index in [9.17, 15) is 28.3 Å². The van der Waals surface area contributed by atoms with Crippen LogP contribution in [-0.2, 0) is 17.9 Å². The Hall–Kier alpha value is -4.65. The monoisotopic (exact) mass is 550 g/mol. The number of methoxy groups -OCH3 is 1. The van der Waals surface area contributed by atoms with E-state index in [4.69, 9.17) is 4.74 Å². The molecule has 4 aromatic rings. The fourth-order valence-electron chi connectivity index (χ4n) is 5.22. The number of aliphatic hydroxyl groups excluding tert-OH is 1. The highest BCUT2D eigenvalue weighted by Crippen LogP contribution is 2.30. The van der Waals surface area contributed by atoms with Gasteiger partial charge in [-0.25, -0.2) is 13.8 Å². The molecule has 0 saturated carbocycles. The number of imidazole rings is 1. The Labute approximate surface area is 226 Å². The van der Waals surface area contributed by atoms with Crippen LogP contribution < -0.4 is 4.74 Å². The van der Waals surface area contributed by atoms with Crippen molar-refractivity contribution in [2.45, 2.75) is 25.6 Å². The van der Waals surface area contributed by atoms with Gasteiger partial charge in [0, 0.05) is 43.8 Å². The second kappa shape index (κ2) is 9.83. The number of β-amino-alcohol motifs (C(OH)–C–C–N with tert-alkyl or cyclic N) is 1. The SMILES string of the molecule is COc1nc2[nH]cc(C(=O)C(=O)N3CC[C@H](O)C3)c2cc1C(=O)N1CCn2c(cnc2-c2ccc(F)cc2F)C1. The first-order valence-electron chi connectivity index (χ1n) is 12.6. The average Bonchev–Trinajstić information content (AvgIpc) is 3.69. The van der Waals surface area contributed by atoms with E-state index >= 15 is 0 Å². The number of Topliss-reactive ketones (excluding diaryl/α,β-unsaturated/α-hetero) is 1. The van der Waals surface area contributed by atoms with E-state index in [2.05, 4.69) is 15.0 Å². The van der Waals surface area contributed by atoms with Gasteiger partial charge in [-0.3, -0.25) is 14.4 Å². The van der Waals surface area contributed by atoms with Gasteiger partial charge in [0.1, 0.15) is 28.7 Å². The summed E-state index contributed by atoms with van der Waals surface area (Å²) >= 11 is 0. The Balaban J connectivity index is 1.29. The molecule has 1 fully saturated rings. The molecule has 40 heavy (non-hydrogen) atoms. The molecule has 1 atom stereocenters. The summed E-state index contributed by atoms with van der Waals surface area (Å²) in [4.78, 5) is 53.8. The van der Waals surface area contributed by atoms with E-state index in [-0.39, 0.29) is 54.4 Å². The zero-order valence-corrected chi connectivity index (χ0v) is 21.4. The van der Waals surface area contributed by atoms with Crippen molar-refractivity contribution in [1.29, 1.82) is 0 Å². The largest absolute Gasteiger partial charge is 0.480 e. The lowest BCUT2D eigenvalue weighted by Crippen LogP contribution is -2.38. The number of hydrogen-bond acceptors (Lipinski definition) is 7. The molecule has 2 aliphatic heterocycles. The lowest BCUT2D eigenvalue weighted by molar-refractivity contribution is -0.125. The summed E-state index contributed by atoms with van der Waals surface area (Å²) < 4.78 is 34.9. The summed E-state index contributed by atoms with van der Waals surface area (Å²) in [5.41, 5.74) is 1.25. The maximum atomic E-state index is 14.4. The number of carbonyl (C=O) groups excluding carboxylic acids is 3. The highest BCUT2D eigenvalue weighted by Gasteiger charge is 2.32. The molecule has 1 saturated heterocycles. The number of H-pyrrole nitrogens is 1. The molecule has 0 unspecified atom stereocenters. The average molecular weight is 551 g/mol. The Bertz CT molecular complexity index is 1680. The molecule has 2 aliphatic rings. The minimum absolute atomic E-state index is 0.0421. The standard InChI is InChI=1S/C27H24F2N6O5/c1-40-25-19(9-18-20(11-30-23(18)32-25)22(37)27(39)33-5-4-16(36)13-33)26(38)34-6-7-35-15(12-34)10-31-24(35)17-3-2-14(28)8-21(17)29/h2-3,8-11,16,36H,4-7,12-13H2,1H3,(H,30,32)/t16-/m0/s1. The minimum atomic E-state index is -0.770. The quantitative estimate of drug-likeness (QED) is 0.287. The summed E-state index contributed by atoms with van der Waals surface area (Å²) in [7, 11) is 1.37. The van der Waals surface area contributed by atoms with Crippen molar-refractivity contribution in [2.75, 3.05) is 26.7 Å². The normalized spacial score (nSPS) is 16.9. The number of aromatic nitrogens is 4. The number of ketones is 1. The maximum absolute atomic E-state index is 14.4. The van der Waals surface area contributed by atoms with E-state index < -0.39 is 35.3 Å². The van der Waals surface area contributed by atoms with Crippen molar-refractivity contribution in [3.63, 3.8) is 0 Å². The number of hydrogen-bond donors (Lipinski definition) is 2. The fourth-order valence-corrected chi connectivity index (χ4v) is 5.22. The maximum Gasteiger partial charge on any atom is 0.295 e. The zero-order chi connectivity index (χ0) is 28.1. The third-order valence-corrected chi connectivity index (χ3v) is 7.29. The summed E-state index contributed by atoms with van der Waals surface area (Å²) in [5, 5.41) is 10.0. The summed E-state index contributed by atoms with van der Waals surface area (Å²) in [5.74, 6) is -2.96. The molecule has 6 rings (SSSR count). The summed E-state index contributed by atoms with van der Waals surface area (Å²) in [6.07, 6.45) is 2.65. The van der Waals surface area contributed by atoms with Crippen LogP contribution in [0.1, 0.15) is 32.8 Å². The first-order chi connectivity index (χ1) is 19.2. The Morgan fingerprint density at radius 3 is 2.65 bits per heavy atom. The molecule has 0 bridgehead atoms. The van der Waals surface area contributed by atoms with Crippen molar-refractivity contribution in [3.8, 4) is 17.3 Å². The third kappa shape index (κ3) is 4.28. The molecule has 5 heterocycles. The van der Waals surface area contributed by atoms with E-state index in [1.165, 1.54) is 30.3 Å². The second-order valence-corrected chi connectivity index (χ2v) is 9.74. The number of aliphatic hydroxyl groups is 1. The van der Waals surface area contributed by atoms with Crippen molar-refractivity contribution < 1.29 is 33.0 Å². The van der Waals surface area contributed by atoms with Crippen LogP contribution >= 0.6 is 0 Å². The Morgan fingerprint density at radius 2 is 1.93 bits per heavy atom. The van der Waals surface area contributed by atoms with E-state index in [0.29, 0.717) is 29.9 Å². The number of halogens is 2. The molecule has 0 radical (unpaired) electrons. The van der Waals surface area contributed by atoms with Gasteiger partial charge in [-0.1, -0.05) is 0 Å². The van der Waals surface area contributed by atoms with Gasteiger partial charge in [-0.2, -0.15) is 4.98 Å². The highest BCUT2D eigenvalue weighted by atomic mass is 19.1. The molecule has 0 aliphatic carbocycles. The number of aromatic amines is 1.